The Morgan fingerprint density at radius 3 is 2.21 bits per heavy atom. The Kier molecular flexibility index (Phi) is 2.99. The van der Waals surface area contributed by atoms with Crippen LogP contribution in [0.2, 0.25) is 0 Å². The van der Waals surface area contributed by atoms with E-state index in [2.05, 4.69) is 44.8 Å². The first-order chi connectivity index (χ1) is 8.90. The first-order valence-corrected chi connectivity index (χ1v) is 7.82. The second-order valence-corrected chi connectivity index (χ2v) is 8.17. The van der Waals surface area contributed by atoms with Crippen molar-refractivity contribution in [1.82, 2.24) is 4.98 Å². The first-order valence-electron chi connectivity index (χ1n) is 7.82. The molecule has 0 spiro atoms. The van der Waals surface area contributed by atoms with Gasteiger partial charge in [0.05, 0.1) is 0 Å². The van der Waals surface area contributed by atoms with Gasteiger partial charge in [0.1, 0.15) is 0 Å². The quantitative estimate of drug-likeness (QED) is 0.702. The number of hydrogen-bond donors (Lipinski definition) is 0. The second-order valence-electron chi connectivity index (χ2n) is 8.17. The van der Waals surface area contributed by atoms with Crippen molar-refractivity contribution in [1.29, 1.82) is 0 Å². The molecular weight excluding hydrogens is 230 g/mol. The normalized spacial score (nSPS) is 38.4. The van der Waals surface area contributed by atoms with E-state index in [0.717, 1.165) is 17.8 Å². The van der Waals surface area contributed by atoms with Crippen molar-refractivity contribution in [2.45, 2.75) is 58.8 Å². The highest BCUT2D eigenvalue weighted by molar-refractivity contribution is 5.19. The molecule has 0 saturated heterocycles. The molecule has 2 fully saturated rings. The van der Waals surface area contributed by atoms with Crippen LogP contribution >= 0.6 is 0 Å². The van der Waals surface area contributed by atoms with Crippen LogP contribution in [0.1, 0.15) is 59.1 Å². The van der Waals surface area contributed by atoms with Gasteiger partial charge in [-0.15, -0.1) is 0 Å². The average Bonchev–Trinajstić information content (AvgIpc) is 2.64. The molecule has 19 heavy (non-hydrogen) atoms. The van der Waals surface area contributed by atoms with Gasteiger partial charge in [-0.2, -0.15) is 0 Å². The molecule has 1 aromatic rings. The fourth-order valence-corrected chi connectivity index (χ4v) is 5.21. The predicted molar refractivity (Wildman–Crippen MR) is 80.0 cm³/mol. The summed E-state index contributed by atoms with van der Waals surface area (Å²) in [4.78, 5) is 4.66. The summed E-state index contributed by atoms with van der Waals surface area (Å²) in [5, 5.41) is 0. The Bertz CT molecular complexity index is 429. The highest BCUT2D eigenvalue weighted by Gasteiger charge is 2.51. The standard InChI is InChI=1S/C18H27N/c1-17(2,3)16-13-8-9-14(16)12-18(4,11-13)15-7-5-6-10-19-15/h5-7,10,13-14,16H,8-9,11-12H2,1-4H3/t13-,14?,16?,18?/m1/s1. The van der Waals surface area contributed by atoms with Crippen LogP contribution in [0, 0.1) is 23.2 Å². The molecule has 0 N–H and O–H groups in total. The summed E-state index contributed by atoms with van der Waals surface area (Å²) >= 11 is 0. The van der Waals surface area contributed by atoms with Crippen LogP contribution in [0.3, 0.4) is 0 Å². The number of pyridine rings is 1. The number of nitrogens with zero attached hydrogens (tertiary/aromatic N) is 1. The summed E-state index contributed by atoms with van der Waals surface area (Å²) in [6, 6.07) is 6.41. The third kappa shape index (κ3) is 2.22. The summed E-state index contributed by atoms with van der Waals surface area (Å²) in [6.07, 6.45) is 7.51. The molecule has 104 valence electrons. The summed E-state index contributed by atoms with van der Waals surface area (Å²) < 4.78 is 0. The molecule has 2 bridgehead atoms. The molecule has 3 unspecified atom stereocenters. The third-order valence-corrected chi connectivity index (χ3v) is 5.63. The van der Waals surface area contributed by atoms with E-state index in [9.17, 15) is 0 Å². The Hall–Kier alpha value is -0.850. The molecule has 0 radical (unpaired) electrons. The summed E-state index contributed by atoms with van der Waals surface area (Å²) in [7, 11) is 0. The van der Waals surface area contributed by atoms with E-state index in [4.69, 9.17) is 0 Å². The fraction of sp³-hybridized carbons (Fsp3) is 0.722. The molecule has 1 heterocycles. The topological polar surface area (TPSA) is 12.9 Å². The molecular formula is C18H27N. The van der Waals surface area contributed by atoms with E-state index in [1.54, 1.807) is 0 Å². The average molecular weight is 257 g/mol. The lowest BCUT2D eigenvalue weighted by atomic mass is 9.58. The maximum absolute atomic E-state index is 4.66. The Morgan fingerprint density at radius 1 is 1.11 bits per heavy atom. The van der Waals surface area contributed by atoms with Crippen molar-refractivity contribution in [2.75, 3.05) is 0 Å². The fourth-order valence-electron chi connectivity index (χ4n) is 5.21. The molecule has 0 aromatic carbocycles. The van der Waals surface area contributed by atoms with Crippen molar-refractivity contribution >= 4 is 0 Å². The minimum absolute atomic E-state index is 0.314. The molecule has 3 rings (SSSR count). The molecule has 2 aliphatic rings. The minimum Gasteiger partial charge on any atom is -0.261 e. The summed E-state index contributed by atoms with van der Waals surface area (Å²) in [5.41, 5.74) is 2.10. The highest BCUT2D eigenvalue weighted by atomic mass is 14.7. The minimum atomic E-state index is 0.314. The van der Waals surface area contributed by atoms with E-state index in [1.165, 1.54) is 31.4 Å². The highest BCUT2D eigenvalue weighted by Crippen LogP contribution is 2.59. The van der Waals surface area contributed by atoms with Gasteiger partial charge in [0.2, 0.25) is 0 Å². The largest absolute Gasteiger partial charge is 0.261 e. The Labute approximate surface area is 117 Å². The monoisotopic (exact) mass is 257 g/mol. The molecule has 1 aromatic heterocycles. The van der Waals surface area contributed by atoms with E-state index in [0.29, 0.717) is 10.8 Å². The van der Waals surface area contributed by atoms with Crippen molar-refractivity contribution in [3.63, 3.8) is 0 Å². The molecule has 1 nitrogen and oxygen atoms in total. The SMILES string of the molecule is CC1(c2ccccn2)CC2CC[C@H](C1)C2C(C)(C)C. The molecule has 2 saturated carbocycles. The lowest BCUT2D eigenvalue weighted by Gasteiger charge is -2.47. The van der Waals surface area contributed by atoms with Gasteiger partial charge >= 0.3 is 0 Å². The van der Waals surface area contributed by atoms with Crippen LogP contribution in [0.4, 0.5) is 0 Å². The molecule has 0 amide bonds. The zero-order chi connectivity index (χ0) is 13.7. The second kappa shape index (κ2) is 4.33. The zero-order valence-electron chi connectivity index (χ0n) is 12.8. The Balaban J connectivity index is 1.88. The molecule has 1 heteroatoms. The first kappa shape index (κ1) is 13.1. The van der Waals surface area contributed by atoms with Gasteiger partial charge in [-0.25, -0.2) is 0 Å². The van der Waals surface area contributed by atoms with Gasteiger partial charge in [-0.05, 0) is 61.0 Å². The zero-order valence-corrected chi connectivity index (χ0v) is 12.8. The van der Waals surface area contributed by atoms with Crippen molar-refractivity contribution < 1.29 is 0 Å². The van der Waals surface area contributed by atoms with Gasteiger partial charge < -0.3 is 0 Å². The van der Waals surface area contributed by atoms with Gasteiger partial charge in [-0.1, -0.05) is 33.8 Å². The number of aromatic nitrogens is 1. The van der Waals surface area contributed by atoms with Crippen LogP contribution < -0.4 is 0 Å². The van der Waals surface area contributed by atoms with Crippen molar-refractivity contribution in [3.05, 3.63) is 30.1 Å². The lowest BCUT2D eigenvalue weighted by molar-refractivity contribution is 0.0576. The van der Waals surface area contributed by atoms with Gasteiger partial charge in [-0.3, -0.25) is 4.98 Å². The maximum atomic E-state index is 4.66. The van der Waals surface area contributed by atoms with Crippen LogP contribution in [0.5, 0.6) is 0 Å². The number of rotatable bonds is 1. The van der Waals surface area contributed by atoms with E-state index < -0.39 is 0 Å². The number of fused-ring (bicyclic) bond motifs is 2. The molecule has 0 aliphatic heterocycles. The van der Waals surface area contributed by atoms with Crippen molar-refractivity contribution in [2.24, 2.45) is 23.2 Å². The summed E-state index contributed by atoms with van der Waals surface area (Å²) in [5.74, 6) is 2.74. The predicted octanol–water partition coefficient (Wildman–Crippen LogP) is 4.82. The van der Waals surface area contributed by atoms with Crippen LogP contribution in [0.15, 0.2) is 24.4 Å². The number of hydrogen-bond acceptors (Lipinski definition) is 1. The van der Waals surface area contributed by atoms with Crippen LogP contribution in [-0.2, 0) is 5.41 Å². The summed E-state index contributed by atoms with van der Waals surface area (Å²) in [6.45, 7) is 9.75. The van der Waals surface area contributed by atoms with Crippen LogP contribution in [-0.4, -0.2) is 4.98 Å². The third-order valence-electron chi connectivity index (χ3n) is 5.63. The molecule has 4 atom stereocenters. The van der Waals surface area contributed by atoms with Crippen molar-refractivity contribution in [3.8, 4) is 0 Å². The van der Waals surface area contributed by atoms with Gasteiger partial charge in [0.25, 0.3) is 0 Å². The maximum Gasteiger partial charge on any atom is 0.0462 e. The van der Waals surface area contributed by atoms with Gasteiger partial charge in [0, 0.05) is 17.3 Å². The lowest BCUT2D eigenvalue weighted by Crippen LogP contribution is -2.41. The Morgan fingerprint density at radius 2 is 1.74 bits per heavy atom. The van der Waals surface area contributed by atoms with Crippen LogP contribution in [0.25, 0.3) is 0 Å². The molecule has 2 aliphatic carbocycles. The van der Waals surface area contributed by atoms with Gasteiger partial charge in [0.15, 0.2) is 0 Å². The van der Waals surface area contributed by atoms with E-state index in [1.807, 2.05) is 12.3 Å². The van der Waals surface area contributed by atoms with E-state index in [-0.39, 0.29) is 0 Å². The van der Waals surface area contributed by atoms with E-state index >= 15 is 0 Å². The smallest absolute Gasteiger partial charge is 0.0462 e.